The van der Waals surface area contributed by atoms with E-state index in [4.69, 9.17) is 9.72 Å². The number of hydrogen-bond donors (Lipinski definition) is 1. The van der Waals surface area contributed by atoms with Crippen LogP contribution in [0.5, 0.6) is 0 Å². The molecule has 0 aliphatic carbocycles. The molecule has 4 rings (SSSR count). The molecule has 0 unspecified atom stereocenters. The summed E-state index contributed by atoms with van der Waals surface area (Å²) in [6, 6.07) is 17.5. The Morgan fingerprint density at radius 3 is 2.45 bits per heavy atom. The minimum Gasteiger partial charge on any atom is -0.455 e. The second-order valence-corrected chi connectivity index (χ2v) is 8.48. The summed E-state index contributed by atoms with van der Waals surface area (Å²) >= 11 is 0. The summed E-state index contributed by atoms with van der Waals surface area (Å²) in [7, 11) is 0. The van der Waals surface area contributed by atoms with Crippen molar-refractivity contribution in [3.63, 3.8) is 0 Å². The van der Waals surface area contributed by atoms with Crippen molar-refractivity contribution in [1.82, 2.24) is 4.98 Å². The Balaban J connectivity index is 1.90. The third-order valence-electron chi connectivity index (χ3n) is 5.61. The lowest BCUT2D eigenvalue weighted by atomic mass is 9.91. The molecule has 0 radical (unpaired) electrons. The molecule has 1 aromatic heterocycles. The van der Waals surface area contributed by atoms with Gasteiger partial charge in [0.2, 0.25) is 0 Å². The fourth-order valence-electron chi connectivity index (χ4n) is 3.97. The highest BCUT2D eigenvalue weighted by atomic mass is 19.1. The van der Waals surface area contributed by atoms with Crippen molar-refractivity contribution in [2.24, 2.45) is 0 Å². The largest absolute Gasteiger partial charge is 0.455 e. The fraction of sp³-hybridized carbons (Fsp3) is 0.259. The first-order valence-electron chi connectivity index (χ1n) is 10.9. The number of cyclic esters (lactones) is 1. The van der Waals surface area contributed by atoms with Crippen LogP contribution in [-0.4, -0.2) is 28.3 Å². The van der Waals surface area contributed by atoms with Crippen LogP contribution in [0, 0.1) is 5.82 Å². The van der Waals surface area contributed by atoms with Gasteiger partial charge in [0.25, 0.3) is 0 Å². The van der Waals surface area contributed by atoms with E-state index in [1.165, 1.54) is 18.2 Å². The standard InChI is InChI=1S/C27H25F2NO3/c1-16(2)27-22(14-23(29)25-12-20(31)13-26(32)33-25)21(17-8-10-19(28)11-9-17)15-24(30-27)18-6-4-3-5-7-18/h3-11,14-16,20,25,31H,12-13H2,1-2H3/t20-,25+/m1/s1. The van der Waals surface area contributed by atoms with Gasteiger partial charge in [0.05, 0.1) is 23.9 Å². The lowest BCUT2D eigenvalue weighted by molar-refractivity contribution is -0.158. The van der Waals surface area contributed by atoms with Crippen LogP contribution in [0.25, 0.3) is 28.5 Å². The van der Waals surface area contributed by atoms with Crippen LogP contribution in [-0.2, 0) is 9.53 Å². The second-order valence-electron chi connectivity index (χ2n) is 8.48. The van der Waals surface area contributed by atoms with Crippen LogP contribution in [0.4, 0.5) is 8.78 Å². The Kier molecular flexibility index (Phi) is 6.65. The Bertz CT molecular complexity index is 1170. The Labute approximate surface area is 191 Å². The van der Waals surface area contributed by atoms with Crippen molar-refractivity contribution in [3.05, 3.63) is 83.6 Å². The van der Waals surface area contributed by atoms with Gasteiger partial charge in [-0.05, 0) is 41.3 Å². The summed E-state index contributed by atoms with van der Waals surface area (Å²) < 4.78 is 34.1. The number of pyridine rings is 1. The molecule has 0 amide bonds. The average molecular weight is 449 g/mol. The van der Waals surface area contributed by atoms with Crippen molar-refractivity contribution in [3.8, 4) is 22.4 Å². The van der Waals surface area contributed by atoms with E-state index in [2.05, 4.69) is 0 Å². The molecule has 2 atom stereocenters. The Morgan fingerprint density at radius 2 is 1.82 bits per heavy atom. The van der Waals surface area contributed by atoms with Crippen molar-refractivity contribution in [2.75, 3.05) is 0 Å². The van der Waals surface area contributed by atoms with E-state index in [1.54, 1.807) is 12.1 Å². The minimum atomic E-state index is -1.16. The van der Waals surface area contributed by atoms with Crippen LogP contribution < -0.4 is 0 Å². The quantitative estimate of drug-likeness (QED) is 0.482. The van der Waals surface area contributed by atoms with E-state index in [0.29, 0.717) is 22.4 Å². The SMILES string of the molecule is CC(C)c1nc(-c2ccccc2)cc(-c2ccc(F)cc2)c1C=C(F)[C@@H]1C[C@@H](O)CC(=O)O1. The highest BCUT2D eigenvalue weighted by molar-refractivity contribution is 5.81. The number of halogens is 2. The smallest absolute Gasteiger partial charge is 0.309 e. The molecule has 6 heteroatoms. The van der Waals surface area contributed by atoms with Crippen LogP contribution in [0.2, 0.25) is 0 Å². The number of hydrogen-bond acceptors (Lipinski definition) is 4. The van der Waals surface area contributed by atoms with Gasteiger partial charge >= 0.3 is 5.97 Å². The third-order valence-corrected chi connectivity index (χ3v) is 5.61. The van der Waals surface area contributed by atoms with Gasteiger partial charge in [0.1, 0.15) is 11.6 Å². The topological polar surface area (TPSA) is 59.4 Å². The predicted octanol–water partition coefficient (Wildman–Crippen LogP) is 6.06. The monoisotopic (exact) mass is 449 g/mol. The van der Waals surface area contributed by atoms with Crippen molar-refractivity contribution < 1.29 is 23.4 Å². The van der Waals surface area contributed by atoms with Crippen molar-refractivity contribution in [2.45, 2.75) is 44.8 Å². The first-order chi connectivity index (χ1) is 15.8. The van der Waals surface area contributed by atoms with Crippen LogP contribution in [0.3, 0.4) is 0 Å². The van der Waals surface area contributed by atoms with Gasteiger partial charge in [-0.3, -0.25) is 9.78 Å². The highest BCUT2D eigenvalue weighted by Gasteiger charge is 2.31. The number of esters is 1. The number of aliphatic hydroxyl groups is 1. The van der Waals surface area contributed by atoms with E-state index in [0.717, 1.165) is 11.3 Å². The Morgan fingerprint density at radius 1 is 1.12 bits per heavy atom. The van der Waals surface area contributed by atoms with Crippen molar-refractivity contribution in [1.29, 1.82) is 0 Å². The van der Waals surface area contributed by atoms with Gasteiger partial charge < -0.3 is 9.84 Å². The molecule has 1 aliphatic heterocycles. The number of ether oxygens (including phenoxy) is 1. The zero-order chi connectivity index (χ0) is 23.5. The second kappa shape index (κ2) is 9.63. The Hall–Kier alpha value is -3.38. The molecule has 0 bridgehead atoms. The van der Waals surface area contributed by atoms with E-state index < -0.39 is 24.0 Å². The molecule has 1 fully saturated rings. The zero-order valence-corrected chi connectivity index (χ0v) is 18.5. The predicted molar refractivity (Wildman–Crippen MR) is 123 cm³/mol. The van der Waals surface area contributed by atoms with E-state index in [1.807, 2.05) is 50.2 Å². The zero-order valence-electron chi connectivity index (χ0n) is 18.5. The van der Waals surface area contributed by atoms with Gasteiger partial charge in [0, 0.05) is 17.5 Å². The molecule has 33 heavy (non-hydrogen) atoms. The summed E-state index contributed by atoms with van der Waals surface area (Å²) in [4.78, 5) is 16.5. The minimum absolute atomic E-state index is 0.00745. The van der Waals surface area contributed by atoms with Crippen LogP contribution in [0.1, 0.15) is 43.9 Å². The average Bonchev–Trinajstić information content (AvgIpc) is 2.79. The van der Waals surface area contributed by atoms with Crippen molar-refractivity contribution >= 4 is 12.0 Å². The number of carbonyl (C=O) groups is 1. The summed E-state index contributed by atoms with van der Waals surface area (Å²) in [5, 5.41) is 9.89. The molecule has 1 aliphatic rings. The summed E-state index contributed by atoms with van der Waals surface area (Å²) in [5.41, 5.74) is 4.21. The molecule has 0 saturated carbocycles. The van der Waals surface area contributed by atoms with Gasteiger partial charge in [-0.1, -0.05) is 56.3 Å². The number of rotatable bonds is 5. The van der Waals surface area contributed by atoms with Crippen LogP contribution >= 0.6 is 0 Å². The number of aromatic nitrogens is 1. The van der Waals surface area contributed by atoms with E-state index in [-0.39, 0.29) is 24.6 Å². The number of nitrogens with zero attached hydrogens (tertiary/aromatic N) is 1. The molecule has 0 spiro atoms. The number of carbonyl (C=O) groups excluding carboxylic acids is 1. The van der Waals surface area contributed by atoms with Gasteiger partial charge in [0.15, 0.2) is 6.10 Å². The first-order valence-corrected chi connectivity index (χ1v) is 10.9. The molecule has 2 heterocycles. The maximum absolute atomic E-state index is 15.3. The third kappa shape index (κ3) is 5.17. The van der Waals surface area contributed by atoms with Gasteiger partial charge in [-0.15, -0.1) is 0 Å². The molecular formula is C27H25F2NO3. The van der Waals surface area contributed by atoms with E-state index in [9.17, 15) is 14.3 Å². The first kappa shape index (κ1) is 22.8. The van der Waals surface area contributed by atoms with Gasteiger partial charge in [-0.25, -0.2) is 8.78 Å². The lowest BCUT2D eigenvalue weighted by Crippen LogP contribution is -2.32. The summed E-state index contributed by atoms with van der Waals surface area (Å²) in [5.74, 6) is -1.72. The maximum Gasteiger partial charge on any atom is 0.309 e. The lowest BCUT2D eigenvalue weighted by Gasteiger charge is -2.25. The molecule has 1 saturated heterocycles. The van der Waals surface area contributed by atoms with E-state index >= 15 is 4.39 Å². The molecule has 1 N–H and O–H groups in total. The number of benzene rings is 2. The molecule has 2 aromatic carbocycles. The molecule has 170 valence electrons. The maximum atomic E-state index is 15.3. The van der Waals surface area contributed by atoms with Crippen LogP contribution in [0.15, 0.2) is 66.5 Å². The highest BCUT2D eigenvalue weighted by Crippen LogP contribution is 2.36. The molecule has 3 aromatic rings. The fourth-order valence-corrected chi connectivity index (χ4v) is 3.97. The summed E-state index contributed by atoms with van der Waals surface area (Å²) in [6.07, 6.45) is -0.931. The molecular weight excluding hydrogens is 424 g/mol. The number of aliphatic hydroxyl groups excluding tert-OH is 1. The van der Waals surface area contributed by atoms with Gasteiger partial charge in [-0.2, -0.15) is 0 Å². The normalized spacial score (nSPS) is 19.0. The summed E-state index contributed by atoms with van der Waals surface area (Å²) in [6.45, 7) is 3.93. The molecule has 4 nitrogen and oxygen atoms in total.